The minimum absolute atomic E-state index is 0.0196. The normalized spacial score (nSPS) is 22.8. The van der Waals surface area contributed by atoms with Crippen molar-refractivity contribution >= 4 is 5.97 Å². The molecule has 1 aliphatic heterocycles. The SMILES string of the molecule is CC(C)CC(C)CN1CCC[C@H]1C(=O)OC(C)(C)C. The standard InChI is InChI=1S/C16H31NO2/c1-12(2)10-13(3)11-17-9-7-8-14(17)15(18)19-16(4,5)6/h12-14H,7-11H2,1-6H3/t13?,14-/m0/s1. The van der Waals surface area contributed by atoms with E-state index in [1.807, 2.05) is 20.8 Å². The highest BCUT2D eigenvalue weighted by molar-refractivity contribution is 5.76. The first-order valence-electron chi connectivity index (χ1n) is 7.66. The molecular weight excluding hydrogens is 238 g/mol. The van der Waals surface area contributed by atoms with Crippen LogP contribution in [0.15, 0.2) is 0 Å². The number of nitrogens with zero attached hydrogens (tertiary/aromatic N) is 1. The molecule has 0 bridgehead atoms. The Morgan fingerprint density at radius 1 is 1.32 bits per heavy atom. The lowest BCUT2D eigenvalue weighted by molar-refractivity contribution is -0.160. The number of likely N-dealkylation sites (tertiary alicyclic amines) is 1. The van der Waals surface area contributed by atoms with Crippen LogP contribution in [0.5, 0.6) is 0 Å². The van der Waals surface area contributed by atoms with E-state index in [1.165, 1.54) is 6.42 Å². The fraction of sp³-hybridized carbons (Fsp3) is 0.938. The third kappa shape index (κ3) is 5.94. The summed E-state index contributed by atoms with van der Waals surface area (Å²) in [4.78, 5) is 14.5. The first-order valence-corrected chi connectivity index (χ1v) is 7.66. The van der Waals surface area contributed by atoms with Crippen LogP contribution in [-0.2, 0) is 9.53 Å². The van der Waals surface area contributed by atoms with Crippen molar-refractivity contribution < 1.29 is 9.53 Å². The zero-order valence-electron chi connectivity index (χ0n) is 13.5. The molecule has 1 heterocycles. The lowest BCUT2D eigenvalue weighted by atomic mass is 9.98. The maximum Gasteiger partial charge on any atom is 0.323 e. The molecule has 0 aromatic heterocycles. The van der Waals surface area contributed by atoms with Crippen molar-refractivity contribution in [3.05, 3.63) is 0 Å². The minimum Gasteiger partial charge on any atom is -0.459 e. The third-order valence-corrected chi connectivity index (χ3v) is 3.46. The van der Waals surface area contributed by atoms with Crippen LogP contribution in [0.4, 0.5) is 0 Å². The number of esters is 1. The summed E-state index contributed by atoms with van der Waals surface area (Å²) < 4.78 is 5.53. The van der Waals surface area contributed by atoms with Crippen molar-refractivity contribution in [3.8, 4) is 0 Å². The van der Waals surface area contributed by atoms with E-state index in [2.05, 4.69) is 25.7 Å². The Labute approximate surface area is 118 Å². The van der Waals surface area contributed by atoms with Gasteiger partial charge in [-0.05, 0) is 58.4 Å². The number of carbonyl (C=O) groups is 1. The van der Waals surface area contributed by atoms with Gasteiger partial charge in [0.25, 0.3) is 0 Å². The average Bonchev–Trinajstić information content (AvgIpc) is 2.61. The number of carbonyl (C=O) groups excluding carboxylic acids is 1. The Kier molecular flexibility index (Phi) is 5.84. The quantitative estimate of drug-likeness (QED) is 0.716. The summed E-state index contributed by atoms with van der Waals surface area (Å²) >= 11 is 0. The van der Waals surface area contributed by atoms with E-state index in [0.717, 1.165) is 31.8 Å². The van der Waals surface area contributed by atoms with Crippen LogP contribution in [0.2, 0.25) is 0 Å². The molecule has 0 aliphatic carbocycles. The van der Waals surface area contributed by atoms with Gasteiger partial charge in [0.1, 0.15) is 11.6 Å². The van der Waals surface area contributed by atoms with Crippen LogP contribution in [0, 0.1) is 11.8 Å². The lowest BCUT2D eigenvalue weighted by Crippen LogP contribution is -2.42. The summed E-state index contributed by atoms with van der Waals surface area (Å²) in [6, 6.07) is -0.0196. The van der Waals surface area contributed by atoms with Gasteiger partial charge in [-0.2, -0.15) is 0 Å². The van der Waals surface area contributed by atoms with Crippen LogP contribution >= 0.6 is 0 Å². The van der Waals surface area contributed by atoms with Gasteiger partial charge < -0.3 is 4.74 Å². The smallest absolute Gasteiger partial charge is 0.323 e. The van der Waals surface area contributed by atoms with E-state index < -0.39 is 0 Å². The van der Waals surface area contributed by atoms with Gasteiger partial charge in [0.05, 0.1) is 0 Å². The Morgan fingerprint density at radius 2 is 1.95 bits per heavy atom. The molecule has 0 aromatic rings. The van der Waals surface area contributed by atoms with Gasteiger partial charge in [0.15, 0.2) is 0 Å². The third-order valence-electron chi connectivity index (χ3n) is 3.46. The summed E-state index contributed by atoms with van der Waals surface area (Å²) in [5.41, 5.74) is -0.380. The molecule has 112 valence electrons. The molecule has 0 N–H and O–H groups in total. The van der Waals surface area contributed by atoms with E-state index in [0.29, 0.717) is 5.92 Å². The van der Waals surface area contributed by atoms with E-state index in [-0.39, 0.29) is 17.6 Å². The first kappa shape index (κ1) is 16.5. The van der Waals surface area contributed by atoms with E-state index >= 15 is 0 Å². The summed E-state index contributed by atoms with van der Waals surface area (Å²) in [6.45, 7) is 14.7. The first-order chi connectivity index (χ1) is 8.69. The molecule has 1 fully saturated rings. The topological polar surface area (TPSA) is 29.5 Å². The second-order valence-electron chi connectivity index (χ2n) is 7.42. The Hall–Kier alpha value is -0.570. The predicted octanol–water partition coefficient (Wildman–Crippen LogP) is 3.47. The van der Waals surface area contributed by atoms with Crippen molar-refractivity contribution in [2.45, 2.75) is 72.4 Å². The van der Waals surface area contributed by atoms with Gasteiger partial charge in [-0.15, -0.1) is 0 Å². The molecule has 1 rings (SSSR count). The van der Waals surface area contributed by atoms with E-state index in [4.69, 9.17) is 4.74 Å². The van der Waals surface area contributed by atoms with Crippen LogP contribution < -0.4 is 0 Å². The maximum absolute atomic E-state index is 12.2. The maximum atomic E-state index is 12.2. The Balaban J connectivity index is 2.52. The molecule has 0 aromatic carbocycles. The number of ether oxygens (including phenoxy) is 1. The van der Waals surface area contributed by atoms with E-state index in [9.17, 15) is 4.79 Å². The minimum atomic E-state index is -0.380. The number of rotatable bonds is 5. The molecule has 3 nitrogen and oxygen atoms in total. The summed E-state index contributed by atoms with van der Waals surface area (Å²) in [5.74, 6) is 1.32. The molecule has 0 radical (unpaired) electrons. The van der Waals surface area contributed by atoms with Gasteiger partial charge in [0, 0.05) is 6.54 Å². The molecule has 1 aliphatic rings. The van der Waals surface area contributed by atoms with Gasteiger partial charge in [-0.25, -0.2) is 0 Å². The van der Waals surface area contributed by atoms with Crippen LogP contribution in [0.3, 0.4) is 0 Å². The molecule has 0 spiro atoms. The van der Waals surface area contributed by atoms with Crippen molar-refractivity contribution in [1.82, 2.24) is 4.90 Å². The van der Waals surface area contributed by atoms with Crippen LogP contribution in [0.1, 0.15) is 60.8 Å². The second kappa shape index (κ2) is 6.74. The zero-order chi connectivity index (χ0) is 14.6. The highest BCUT2D eigenvalue weighted by Crippen LogP contribution is 2.23. The van der Waals surface area contributed by atoms with Crippen molar-refractivity contribution in [3.63, 3.8) is 0 Å². The number of hydrogen-bond acceptors (Lipinski definition) is 3. The Morgan fingerprint density at radius 3 is 2.47 bits per heavy atom. The summed E-state index contributed by atoms with van der Waals surface area (Å²) in [6.07, 6.45) is 3.28. The fourth-order valence-electron chi connectivity index (χ4n) is 2.96. The van der Waals surface area contributed by atoms with Gasteiger partial charge >= 0.3 is 5.97 Å². The average molecular weight is 269 g/mol. The zero-order valence-corrected chi connectivity index (χ0v) is 13.5. The highest BCUT2D eigenvalue weighted by atomic mass is 16.6. The molecule has 3 heteroatoms. The van der Waals surface area contributed by atoms with Crippen LogP contribution in [-0.4, -0.2) is 35.6 Å². The fourth-order valence-corrected chi connectivity index (χ4v) is 2.96. The predicted molar refractivity (Wildman–Crippen MR) is 79.1 cm³/mol. The highest BCUT2D eigenvalue weighted by Gasteiger charge is 2.34. The van der Waals surface area contributed by atoms with Gasteiger partial charge in [-0.3, -0.25) is 9.69 Å². The molecule has 1 unspecified atom stereocenters. The lowest BCUT2D eigenvalue weighted by Gasteiger charge is -2.29. The van der Waals surface area contributed by atoms with Crippen molar-refractivity contribution in [1.29, 1.82) is 0 Å². The molecule has 0 saturated carbocycles. The van der Waals surface area contributed by atoms with Crippen molar-refractivity contribution in [2.24, 2.45) is 11.8 Å². The van der Waals surface area contributed by atoms with Gasteiger partial charge in [0.2, 0.25) is 0 Å². The number of hydrogen-bond donors (Lipinski definition) is 0. The molecular formula is C16H31NO2. The molecule has 0 amide bonds. The van der Waals surface area contributed by atoms with Crippen LogP contribution in [0.25, 0.3) is 0 Å². The molecule has 19 heavy (non-hydrogen) atoms. The van der Waals surface area contributed by atoms with Gasteiger partial charge in [-0.1, -0.05) is 20.8 Å². The monoisotopic (exact) mass is 269 g/mol. The summed E-state index contributed by atoms with van der Waals surface area (Å²) in [5, 5.41) is 0. The molecule has 2 atom stereocenters. The Bertz CT molecular complexity index is 294. The van der Waals surface area contributed by atoms with Crippen molar-refractivity contribution in [2.75, 3.05) is 13.1 Å². The molecule has 1 saturated heterocycles. The van der Waals surface area contributed by atoms with E-state index in [1.54, 1.807) is 0 Å². The summed E-state index contributed by atoms with van der Waals surface area (Å²) in [7, 11) is 0. The second-order valence-corrected chi connectivity index (χ2v) is 7.42. The largest absolute Gasteiger partial charge is 0.459 e.